The minimum Gasteiger partial charge on any atom is -0.306 e. The van der Waals surface area contributed by atoms with E-state index in [4.69, 9.17) is 4.98 Å². The molecule has 0 amide bonds. The van der Waals surface area contributed by atoms with Crippen LogP contribution in [-0.4, -0.2) is 24.9 Å². The molecule has 0 spiro atoms. The van der Waals surface area contributed by atoms with Gasteiger partial charge in [-0.1, -0.05) is 0 Å². The van der Waals surface area contributed by atoms with E-state index < -0.39 is 5.95 Å². The molecule has 1 saturated carbocycles. The van der Waals surface area contributed by atoms with E-state index in [-0.39, 0.29) is 0 Å². The van der Waals surface area contributed by atoms with Gasteiger partial charge in [0.2, 0.25) is 5.95 Å². The van der Waals surface area contributed by atoms with Crippen molar-refractivity contribution < 1.29 is 4.39 Å². The van der Waals surface area contributed by atoms with Crippen molar-refractivity contribution in [2.45, 2.75) is 18.5 Å². The Morgan fingerprint density at radius 1 is 1.08 bits per heavy atom. The lowest BCUT2D eigenvalue weighted by Crippen LogP contribution is -1.92. The maximum absolute atomic E-state index is 13.4. The molecule has 5 rings (SSSR count). The molecule has 0 N–H and O–H groups in total. The highest BCUT2D eigenvalue weighted by Crippen LogP contribution is 2.44. The molecule has 4 heterocycles. The maximum atomic E-state index is 13.4. The van der Waals surface area contributed by atoms with Crippen LogP contribution in [0.25, 0.3) is 33.2 Å². The van der Waals surface area contributed by atoms with Crippen LogP contribution in [0.15, 0.2) is 48.9 Å². The van der Waals surface area contributed by atoms with Crippen molar-refractivity contribution in [2.24, 2.45) is 0 Å². The first-order valence-electron chi connectivity index (χ1n) is 7.93. The first-order chi connectivity index (χ1) is 11.8. The smallest absolute Gasteiger partial charge is 0.213 e. The highest BCUT2D eigenvalue weighted by atomic mass is 31.1. The summed E-state index contributed by atoms with van der Waals surface area (Å²) in [5, 5.41) is 2.23. The number of aromatic nitrogens is 4. The van der Waals surface area contributed by atoms with Crippen LogP contribution < -0.4 is 0 Å². The Balaban J connectivity index is 1.77. The Bertz CT molecular complexity index is 1070. The van der Waals surface area contributed by atoms with Gasteiger partial charge >= 0.3 is 0 Å². The number of rotatable bonds is 3. The lowest BCUT2D eigenvalue weighted by atomic mass is 10.1. The van der Waals surface area contributed by atoms with Gasteiger partial charge in [0.1, 0.15) is 5.65 Å². The van der Waals surface area contributed by atoms with Crippen LogP contribution in [0.1, 0.15) is 12.8 Å². The highest BCUT2D eigenvalue weighted by molar-refractivity contribution is 7.38. The molecule has 1 fully saturated rings. The zero-order valence-electron chi connectivity index (χ0n) is 12.8. The molecule has 118 valence electrons. The van der Waals surface area contributed by atoms with Gasteiger partial charge in [-0.3, -0.25) is 4.98 Å². The maximum Gasteiger partial charge on any atom is 0.213 e. The van der Waals surface area contributed by atoms with Crippen LogP contribution in [0.4, 0.5) is 4.39 Å². The van der Waals surface area contributed by atoms with Crippen LogP contribution in [0.2, 0.25) is 0 Å². The van der Waals surface area contributed by atoms with E-state index in [1.165, 1.54) is 30.6 Å². The monoisotopic (exact) mass is 336 g/mol. The van der Waals surface area contributed by atoms with E-state index in [0.29, 0.717) is 8.73 Å². The van der Waals surface area contributed by atoms with Gasteiger partial charge in [-0.2, -0.15) is 4.39 Å². The summed E-state index contributed by atoms with van der Waals surface area (Å²) in [7, 11) is 0.696. The van der Waals surface area contributed by atoms with Crippen LogP contribution >= 0.6 is 8.73 Å². The van der Waals surface area contributed by atoms with E-state index in [1.54, 1.807) is 6.07 Å². The standard InChI is InChI=1S/C18H14FN4P/c19-17-9-11(5-8-21-17)15-4-3-13-14-10-20-7-6-16(14)23(18(13)22-15)24-12-1-2-12/h3-10,12,24H,1-2H2. The van der Waals surface area contributed by atoms with Gasteiger partial charge in [-0.05, 0) is 51.5 Å². The molecule has 0 saturated heterocycles. The minimum absolute atomic E-state index is 0.487. The Kier molecular flexibility index (Phi) is 3.10. The second-order valence-corrected chi connectivity index (χ2v) is 7.59. The molecule has 0 aromatic carbocycles. The normalized spacial score (nSPS) is 15.0. The first kappa shape index (κ1) is 14.0. The van der Waals surface area contributed by atoms with Crippen molar-refractivity contribution in [3.8, 4) is 11.3 Å². The molecular weight excluding hydrogens is 322 g/mol. The third-order valence-corrected chi connectivity index (χ3v) is 5.98. The fraction of sp³-hybridized carbons (Fsp3) is 0.167. The first-order valence-corrected chi connectivity index (χ1v) is 8.96. The van der Waals surface area contributed by atoms with Gasteiger partial charge in [-0.25, -0.2) is 9.97 Å². The Hall–Kier alpha value is -2.39. The topological polar surface area (TPSA) is 43.6 Å². The molecule has 4 nitrogen and oxygen atoms in total. The molecule has 1 aliphatic rings. The molecule has 4 aromatic rings. The quantitative estimate of drug-likeness (QED) is 0.412. The average Bonchev–Trinajstić information content (AvgIpc) is 3.38. The third kappa shape index (κ3) is 2.28. The number of pyridine rings is 3. The molecule has 0 bridgehead atoms. The SMILES string of the molecule is Fc1cc(-c2ccc3c4cnccc4n(PC4CC4)c3n2)ccn1. The Morgan fingerprint density at radius 3 is 2.83 bits per heavy atom. The summed E-state index contributed by atoms with van der Waals surface area (Å²) in [6, 6.07) is 9.26. The van der Waals surface area contributed by atoms with Gasteiger partial charge in [0.25, 0.3) is 0 Å². The van der Waals surface area contributed by atoms with Crippen molar-refractivity contribution in [1.29, 1.82) is 0 Å². The van der Waals surface area contributed by atoms with Crippen molar-refractivity contribution in [1.82, 2.24) is 19.3 Å². The molecule has 0 aliphatic heterocycles. The lowest BCUT2D eigenvalue weighted by molar-refractivity contribution is 0.584. The van der Waals surface area contributed by atoms with Gasteiger partial charge in [0.05, 0.1) is 11.2 Å². The molecule has 6 heteroatoms. The zero-order chi connectivity index (χ0) is 16.1. The average molecular weight is 336 g/mol. The molecule has 1 unspecified atom stereocenters. The van der Waals surface area contributed by atoms with Gasteiger partial charge < -0.3 is 4.34 Å². The zero-order valence-corrected chi connectivity index (χ0v) is 13.8. The number of hydrogen-bond acceptors (Lipinski definition) is 3. The van der Waals surface area contributed by atoms with Crippen molar-refractivity contribution in [3.05, 3.63) is 54.9 Å². The van der Waals surface area contributed by atoms with E-state index in [1.807, 2.05) is 18.5 Å². The number of halogens is 1. The number of nitrogens with zero attached hydrogens (tertiary/aromatic N) is 4. The lowest BCUT2D eigenvalue weighted by Gasteiger charge is -2.06. The summed E-state index contributed by atoms with van der Waals surface area (Å²) in [5.74, 6) is -0.487. The largest absolute Gasteiger partial charge is 0.306 e. The van der Waals surface area contributed by atoms with Crippen molar-refractivity contribution in [3.63, 3.8) is 0 Å². The van der Waals surface area contributed by atoms with Gasteiger partial charge in [0, 0.05) is 41.0 Å². The van der Waals surface area contributed by atoms with Gasteiger partial charge in [0.15, 0.2) is 0 Å². The molecule has 0 radical (unpaired) electrons. The van der Waals surface area contributed by atoms with Crippen molar-refractivity contribution >= 4 is 30.7 Å². The number of hydrogen-bond donors (Lipinski definition) is 0. The van der Waals surface area contributed by atoms with Gasteiger partial charge in [-0.15, -0.1) is 0 Å². The summed E-state index contributed by atoms with van der Waals surface area (Å²) >= 11 is 0. The second kappa shape index (κ2) is 5.32. The van der Waals surface area contributed by atoms with Crippen LogP contribution in [0.3, 0.4) is 0 Å². The second-order valence-electron chi connectivity index (χ2n) is 6.07. The summed E-state index contributed by atoms with van der Waals surface area (Å²) in [6.07, 6.45) is 7.79. The van der Waals surface area contributed by atoms with E-state index >= 15 is 0 Å². The fourth-order valence-electron chi connectivity index (χ4n) is 2.98. The van der Waals surface area contributed by atoms with E-state index in [9.17, 15) is 4.39 Å². The summed E-state index contributed by atoms with van der Waals surface area (Å²) < 4.78 is 15.8. The summed E-state index contributed by atoms with van der Waals surface area (Å²) in [6.45, 7) is 0. The molecule has 4 aromatic heterocycles. The molecule has 1 aliphatic carbocycles. The third-order valence-electron chi connectivity index (χ3n) is 4.33. The number of fused-ring (bicyclic) bond motifs is 3. The Morgan fingerprint density at radius 2 is 2.00 bits per heavy atom. The Labute approximate surface area is 139 Å². The van der Waals surface area contributed by atoms with E-state index in [0.717, 1.165) is 33.3 Å². The molecule has 24 heavy (non-hydrogen) atoms. The predicted molar refractivity (Wildman–Crippen MR) is 95.0 cm³/mol. The minimum atomic E-state index is -0.487. The molecule has 1 atom stereocenters. The summed E-state index contributed by atoms with van der Waals surface area (Å²) in [5.41, 5.74) is 4.41. The molecular formula is C18H14FN4P. The van der Waals surface area contributed by atoms with E-state index in [2.05, 4.69) is 26.4 Å². The summed E-state index contributed by atoms with van der Waals surface area (Å²) in [4.78, 5) is 12.7. The predicted octanol–water partition coefficient (Wildman–Crippen LogP) is 4.39. The van der Waals surface area contributed by atoms with Crippen LogP contribution in [0.5, 0.6) is 0 Å². The van der Waals surface area contributed by atoms with Crippen molar-refractivity contribution in [2.75, 3.05) is 0 Å². The van der Waals surface area contributed by atoms with Crippen LogP contribution in [-0.2, 0) is 0 Å². The fourth-order valence-corrected chi connectivity index (χ4v) is 4.40. The van der Waals surface area contributed by atoms with Crippen LogP contribution in [0, 0.1) is 5.95 Å². The highest BCUT2D eigenvalue weighted by Gasteiger charge is 2.24.